The minimum Gasteiger partial charge on any atom is -0.493 e. The normalized spacial score (nSPS) is 18.2. The van der Waals surface area contributed by atoms with Crippen LogP contribution in [-0.4, -0.2) is 23.3 Å². The van der Waals surface area contributed by atoms with Crippen molar-refractivity contribution in [3.05, 3.63) is 72.3 Å². The van der Waals surface area contributed by atoms with Crippen LogP contribution in [0.15, 0.2) is 71.7 Å². The number of hydrogen-bond acceptors (Lipinski definition) is 3. The van der Waals surface area contributed by atoms with Gasteiger partial charge in [0, 0.05) is 16.8 Å². The number of thiocarbonyl (C=S) groups is 1. The highest BCUT2D eigenvalue weighted by Gasteiger charge is 2.36. The van der Waals surface area contributed by atoms with Crippen LogP contribution in [0.4, 0.5) is 5.69 Å². The summed E-state index contributed by atoms with van der Waals surface area (Å²) in [5.74, 6) is 0.636. The van der Waals surface area contributed by atoms with Crippen LogP contribution in [-0.2, 0) is 4.79 Å². The number of hydrogen-bond donors (Lipinski definition) is 2. The number of carbonyl (C=O) groups excluding carboxylic acids is 1. The van der Waals surface area contributed by atoms with Gasteiger partial charge in [-0.2, -0.15) is 0 Å². The molecule has 1 amide bonds. The van der Waals surface area contributed by atoms with Crippen molar-refractivity contribution in [3.8, 4) is 5.75 Å². The van der Waals surface area contributed by atoms with E-state index >= 15 is 0 Å². The average Bonchev–Trinajstić information content (AvgIpc) is 2.77. The third kappa shape index (κ3) is 4.65. The van der Waals surface area contributed by atoms with Gasteiger partial charge in [-0.25, -0.2) is 4.99 Å². The first-order valence-electron chi connectivity index (χ1n) is 10.8. The molecule has 1 aliphatic rings. The Bertz CT molecular complexity index is 1170. The molecule has 4 rings (SSSR count). The maximum Gasteiger partial charge on any atom is 0.235 e. The summed E-state index contributed by atoms with van der Waals surface area (Å²) < 4.78 is 6.07. The summed E-state index contributed by atoms with van der Waals surface area (Å²) in [6.45, 7) is 6.75. The van der Waals surface area contributed by atoms with Crippen molar-refractivity contribution in [1.82, 2.24) is 5.32 Å². The van der Waals surface area contributed by atoms with Crippen molar-refractivity contribution in [2.75, 3.05) is 11.9 Å². The van der Waals surface area contributed by atoms with Gasteiger partial charge in [0.1, 0.15) is 11.7 Å². The Hall–Kier alpha value is -3.25. The highest BCUT2D eigenvalue weighted by molar-refractivity contribution is 7.80. The lowest BCUT2D eigenvalue weighted by Crippen LogP contribution is -2.45. The highest BCUT2D eigenvalue weighted by Crippen LogP contribution is 2.36. The maximum absolute atomic E-state index is 13.3. The van der Waals surface area contributed by atoms with Crippen molar-refractivity contribution in [2.24, 2.45) is 16.8 Å². The third-order valence-electron chi connectivity index (χ3n) is 5.49. The third-order valence-corrected chi connectivity index (χ3v) is 5.70. The van der Waals surface area contributed by atoms with Crippen LogP contribution in [0.2, 0.25) is 0 Å². The molecule has 5 nitrogen and oxygen atoms in total. The van der Waals surface area contributed by atoms with Gasteiger partial charge in [-0.3, -0.25) is 4.79 Å². The number of ether oxygens (including phenoxy) is 1. The molecular formula is C26H27N3O2S. The van der Waals surface area contributed by atoms with E-state index in [0.717, 1.165) is 27.8 Å². The molecule has 2 N–H and O–H groups in total. The molecule has 2 unspecified atom stereocenters. The zero-order valence-corrected chi connectivity index (χ0v) is 19.3. The molecule has 6 heteroatoms. The topological polar surface area (TPSA) is 62.7 Å². The minimum absolute atomic E-state index is 0.123. The van der Waals surface area contributed by atoms with Crippen LogP contribution in [0, 0.1) is 11.8 Å². The molecule has 2 atom stereocenters. The Balaban J connectivity index is 1.74. The van der Waals surface area contributed by atoms with Crippen molar-refractivity contribution < 1.29 is 9.53 Å². The van der Waals surface area contributed by atoms with Crippen LogP contribution in [0.5, 0.6) is 5.75 Å². The summed E-state index contributed by atoms with van der Waals surface area (Å²) in [6.07, 6.45) is 0. The predicted octanol–water partition coefficient (Wildman–Crippen LogP) is 5.52. The van der Waals surface area contributed by atoms with E-state index < -0.39 is 5.92 Å². The van der Waals surface area contributed by atoms with E-state index in [9.17, 15) is 4.79 Å². The van der Waals surface area contributed by atoms with Gasteiger partial charge in [0.25, 0.3) is 0 Å². The van der Waals surface area contributed by atoms with E-state index in [1.165, 1.54) is 0 Å². The first kappa shape index (κ1) is 22.0. The molecule has 0 aromatic heterocycles. The Kier molecular flexibility index (Phi) is 6.51. The number of aliphatic imine (C=N–C) groups is 1. The Morgan fingerprint density at radius 3 is 2.47 bits per heavy atom. The van der Waals surface area contributed by atoms with E-state index in [-0.39, 0.29) is 11.9 Å². The van der Waals surface area contributed by atoms with Gasteiger partial charge in [-0.15, -0.1) is 0 Å². The van der Waals surface area contributed by atoms with Gasteiger partial charge in [0.2, 0.25) is 5.91 Å². The molecule has 0 saturated heterocycles. The molecule has 1 aliphatic heterocycles. The molecule has 0 saturated carbocycles. The van der Waals surface area contributed by atoms with Crippen LogP contribution in [0.25, 0.3) is 10.8 Å². The second kappa shape index (κ2) is 9.49. The van der Waals surface area contributed by atoms with Gasteiger partial charge < -0.3 is 15.4 Å². The summed E-state index contributed by atoms with van der Waals surface area (Å²) in [5, 5.41) is 8.74. The van der Waals surface area contributed by atoms with Crippen LogP contribution < -0.4 is 15.4 Å². The van der Waals surface area contributed by atoms with Crippen molar-refractivity contribution in [3.63, 3.8) is 0 Å². The molecule has 0 bridgehead atoms. The molecule has 0 fully saturated rings. The number of para-hydroxylation sites is 1. The van der Waals surface area contributed by atoms with Crippen LogP contribution in [0.1, 0.15) is 32.4 Å². The highest BCUT2D eigenvalue weighted by atomic mass is 32.1. The lowest BCUT2D eigenvalue weighted by molar-refractivity contribution is -0.118. The number of amides is 1. The quantitative estimate of drug-likeness (QED) is 0.491. The lowest BCUT2D eigenvalue weighted by atomic mass is 9.85. The molecule has 164 valence electrons. The minimum atomic E-state index is -0.507. The Morgan fingerprint density at radius 2 is 1.75 bits per heavy atom. The molecule has 1 heterocycles. The number of benzene rings is 3. The number of nitrogens with one attached hydrogen (secondary N) is 2. The van der Waals surface area contributed by atoms with E-state index in [4.69, 9.17) is 17.0 Å². The summed E-state index contributed by atoms with van der Waals surface area (Å²) >= 11 is 5.39. The van der Waals surface area contributed by atoms with Gasteiger partial charge in [0.05, 0.1) is 12.6 Å². The van der Waals surface area contributed by atoms with Gasteiger partial charge in [-0.05, 0) is 54.2 Å². The lowest BCUT2D eigenvalue weighted by Gasteiger charge is -2.32. The average molecular weight is 446 g/mol. The van der Waals surface area contributed by atoms with Crippen molar-refractivity contribution in [1.29, 1.82) is 0 Å². The van der Waals surface area contributed by atoms with E-state index in [2.05, 4.69) is 41.6 Å². The van der Waals surface area contributed by atoms with Gasteiger partial charge in [-0.1, -0.05) is 62.4 Å². The number of anilines is 1. The van der Waals surface area contributed by atoms with E-state index in [1.807, 2.05) is 61.5 Å². The van der Waals surface area contributed by atoms with Crippen molar-refractivity contribution in [2.45, 2.75) is 26.8 Å². The molecule has 0 aliphatic carbocycles. The second-order valence-corrected chi connectivity index (χ2v) is 8.80. The van der Waals surface area contributed by atoms with Crippen molar-refractivity contribution >= 4 is 45.4 Å². The summed E-state index contributed by atoms with van der Waals surface area (Å²) in [7, 11) is 0. The fourth-order valence-electron chi connectivity index (χ4n) is 4.01. The fourth-order valence-corrected chi connectivity index (χ4v) is 4.28. The predicted molar refractivity (Wildman–Crippen MR) is 134 cm³/mol. The molecule has 3 aromatic rings. The monoisotopic (exact) mass is 445 g/mol. The maximum atomic E-state index is 13.3. The van der Waals surface area contributed by atoms with E-state index in [1.54, 1.807) is 0 Å². The smallest absolute Gasteiger partial charge is 0.235 e. The summed E-state index contributed by atoms with van der Waals surface area (Å²) in [4.78, 5) is 17.7. The zero-order chi connectivity index (χ0) is 22.7. The van der Waals surface area contributed by atoms with Crippen LogP contribution in [0.3, 0.4) is 0 Å². The molecule has 3 aromatic carbocycles. The Morgan fingerprint density at radius 1 is 1.06 bits per heavy atom. The number of fused-ring (bicyclic) bond motifs is 1. The zero-order valence-electron chi connectivity index (χ0n) is 18.5. The fraction of sp³-hybridized carbons (Fsp3) is 0.269. The van der Waals surface area contributed by atoms with Gasteiger partial charge in [0.15, 0.2) is 5.11 Å². The van der Waals surface area contributed by atoms with E-state index in [0.29, 0.717) is 23.3 Å². The Labute approximate surface area is 193 Å². The second-order valence-electron chi connectivity index (χ2n) is 8.42. The molecule has 32 heavy (non-hydrogen) atoms. The first-order valence-corrected chi connectivity index (χ1v) is 11.2. The molecular weight excluding hydrogens is 418 g/mol. The molecule has 0 spiro atoms. The van der Waals surface area contributed by atoms with Crippen LogP contribution >= 0.6 is 12.2 Å². The molecule has 0 radical (unpaired) electrons. The number of rotatable bonds is 6. The summed E-state index contributed by atoms with van der Waals surface area (Å²) in [5.41, 5.74) is 2.43. The summed E-state index contributed by atoms with van der Waals surface area (Å²) in [6, 6.07) is 21.2. The largest absolute Gasteiger partial charge is 0.493 e. The number of carbonyl (C=O) groups is 1. The van der Waals surface area contributed by atoms with Gasteiger partial charge >= 0.3 is 0 Å². The SMILES string of the molecule is CC1=NC(=S)NC(c2ccc(OCC(C)C)c3ccccc23)C1C(=O)Nc1ccccc1. The first-order chi connectivity index (χ1) is 15.4. The number of nitrogens with zero attached hydrogens (tertiary/aromatic N) is 1. The standard InChI is InChI=1S/C26H27N3O2S/c1-16(2)15-31-22-14-13-21(19-11-7-8-12-20(19)22)24-23(17(3)27-26(32)29-24)25(30)28-18-9-5-4-6-10-18/h4-14,16,23-24H,15H2,1-3H3,(H,28,30)(H,29,32).